The highest BCUT2D eigenvalue weighted by atomic mass is 16.4. The summed E-state index contributed by atoms with van der Waals surface area (Å²) in [6.45, 7) is 4.91. The summed E-state index contributed by atoms with van der Waals surface area (Å²) in [5.74, 6) is 0.0310. The monoisotopic (exact) mass is 258 g/mol. The highest BCUT2D eigenvalue weighted by molar-refractivity contribution is 5.66. The lowest BCUT2D eigenvalue weighted by atomic mass is 10.1. The van der Waals surface area contributed by atoms with E-state index >= 15 is 0 Å². The van der Waals surface area contributed by atoms with Crippen molar-refractivity contribution in [2.45, 2.75) is 33.2 Å². The van der Waals surface area contributed by atoms with E-state index in [0.717, 1.165) is 12.4 Å². The third-order valence-electron chi connectivity index (χ3n) is 3.20. The number of rotatable bonds is 5. The molecule has 0 aliphatic carbocycles. The number of carbonyl (C=O) groups is 1. The average molecular weight is 258 g/mol. The third-order valence-corrected chi connectivity index (χ3v) is 3.20. The molecule has 0 spiro atoms. The minimum absolute atomic E-state index is 0.115. The molecule has 0 saturated heterocycles. The van der Waals surface area contributed by atoms with Gasteiger partial charge >= 0.3 is 5.97 Å². The molecule has 0 fully saturated rings. The van der Waals surface area contributed by atoms with Crippen molar-refractivity contribution in [3.63, 3.8) is 0 Å². The van der Waals surface area contributed by atoms with Gasteiger partial charge in [0.05, 0.1) is 6.42 Å². The zero-order valence-corrected chi connectivity index (χ0v) is 11.3. The lowest BCUT2D eigenvalue weighted by Crippen LogP contribution is -2.08. The summed E-state index contributed by atoms with van der Waals surface area (Å²) in [5, 5.41) is 8.73. The first-order chi connectivity index (χ1) is 9.06. The minimum atomic E-state index is -0.791. The van der Waals surface area contributed by atoms with Crippen LogP contribution in [0.15, 0.2) is 30.6 Å². The van der Waals surface area contributed by atoms with Crippen molar-refractivity contribution in [2.75, 3.05) is 0 Å². The quantitative estimate of drug-likeness (QED) is 0.896. The van der Waals surface area contributed by atoms with Crippen molar-refractivity contribution in [2.24, 2.45) is 0 Å². The van der Waals surface area contributed by atoms with Crippen molar-refractivity contribution in [1.29, 1.82) is 0 Å². The summed E-state index contributed by atoms with van der Waals surface area (Å²) >= 11 is 0. The number of aromatic nitrogens is 2. The lowest BCUT2D eigenvalue weighted by Gasteiger charge is -2.10. The average Bonchev–Trinajstić information content (AvgIpc) is 2.77. The molecule has 0 atom stereocenters. The summed E-state index contributed by atoms with van der Waals surface area (Å²) in [6.07, 6.45) is 4.20. The first-order valence-corrected chi connectivity index (χ1v) is 6.34. The molecule has 100 valence electrons. The number of hydrogen-bond acceptors (Lipinski definition) is 2. The molecule has 2 aromatic rings. The molecule has 19 heavy (non-hydrogen) atoms. The van der Waals surface area contributed by atoms with Gasteiger partial charge in [0.2, 0.25) is 0 Å². The lowest BCUT2D eigenvalue weighted by molar-refractivity contribution is -0.137. The van der Waals surface area contributed by atoms with Gasteiger partial charge in [-0.15, -0.1) is 0 Å². The number of nitrogens with zero attached hydrogens (tertiary/aromatic N) is 2. The first kappa shape index (κ1) is 13.3. The predicted octanol–water partition coefficient (Wildman–Crippen LogP) is 2.57. The smallest absolute Gasteiger partial charge is 0.303 e. The van der Waals surface area contributed by atoms with Crippen LogP contribution in [0.5, 0.6) is 0 Å². The largest absolute Gasteiger partial charge is 0.481 e. The van der Waals surface area contributed by atoms with Gasteiger partial charge in [-0.1, -0.05) is 23.8 Å². The molecule has 0 unspecified atom stereocenters. The second kappa shape index (κ2) is 5.69. The molecule has 4 heteroatoms. The van der Waals surface area contributed by atoms with Crippen molar-refractivity contribution in [1.82, 2.24) is 9.55 Å². The number of benzene rings is 1. The Morgan fingerprint density at radius 3 is 2.84 bits per heavy atom. The molecule has 1 N–H and O–H groups in total. The Labute approximate surface area is 112 Å². The number of carboxylic acids is 1. The maximum absolute atomic E-state index is 10.6. The van der Waals surface area contributed by atoms with Crippen LogP contribution in [0, 0.1) is 13.8 Å². The van der Waals surface area contributed by atoms with Crippen molar-refractivity contribution < 1.29 is 9.90 Å². The number of aliphatic carboxylic acids is 1. The molecule has 0 saturated carbocycles. The van der Waals surface area contributed by atoms with Gasteiger partial charge in [0.1, 0.15) is 5.82 Å². The zero-order valence-electron chi connectivity index (χ0n) is 11.3. The second-order valence-electron chi connectivity index (χ2n) is 4.80. The fourth-order valence-electron chi connectivity index (χ4n) is 2.14. The molecule has 0 aliphatic heterocycles. The fraction of sp³-hybridized carbons (Fsp3) is 0.333. The van der Waals surface area contributed by atoms with E-state index in [1.54, 1.807) is 6.20 Å². The van der Waals surface area contributed by atoms with Crippen LogP contribution in [0.3, 0.4) is 0 Å². The summed E-state index contributed by atoms with van der Waals surface area (Å²) in [5.41, 5.74) is 3.73. The van der Waals surface area contributed by atoms with Gasteiger partial charge in [-0.25, -0.2) is 4.98 Å². The molecule has 1 aromatic carbocycles. The van der Waals surface area contributed by atoms with Gasteiger partial charge in [-0.3, -0.25) is 4.79 Å². The van der Waals surface area contributed by atoms with Crippen molar-refractivity contribution in [3.8, 4) is 0 Å². The molecule has 1 heterocycles. The van der Waals surface area contributed by atoms with E-state index < -0.39 is 5.97 Å². The van der Waals surface area contributed by atoms with Crippen LogP contribution >= 0.6 is 0 Å². The summed E-state index contributed by atoms with van der Waals surface area (Å²) < 4.78 is 2.01. The number of imidazole rings is 1. The molecule has 0 bridgehead atoms. The molecule has 0 radical (unpaired) electrons. The SMILES string of the molecule is Cc1ccc(Cn2ccnc2CCC(=O)O)c(C)c1. The van der Waals surface area contributed by atoms with Crippen LogP contribution in [0.4, 0.5) is 0 Å². The van der Waals surface area contributed by atoms with E-state index in [0.29, 0.717) is 6.42 Å². The Balaban J connectivity index is 2.14. The van der Waals surface area contributed by atoms with Crippen LogP contribution < -0.4 is 0 Å². The molecule has 0 amide bonds. The Bertz CT molecular complexity index is 588. The van der Waals surface area contributed by atoms with E-state index in [2.05, 4.69) is 37.0 Å². The van der Waals surface area contributed by atoms with E-state index in [1.165, 1.54) is 16.7 Å². The third kappa shape index (κ3) is 3.44. The maximum atomic E-state index is 10.6. The normalized spacial score (nSPS) is 10.6. The van der Waals surface area contributed by atoms with Gasteiger partial charge in [0.25, 0.3) is 0 Å². The van der Waals surface area contributed by atoms with Gasteiger partial charge in [0.15, 0.2) is 0 Å². The van der Waals surface area contributed by atoms with E-state index in [1.807, 2.05) is 10.8 Å². The molecular weight excluding hydrogens is 240 g/mol. The molecule has 2 rings (SSSR count). The maximum Gasteiger partial charge on any atom is 0.303 e. The highest BCUT2D eigenvalue weighted by Gasteiger charge is 2.07. The Morgan fingerprint density at radius 2 is 2.16 bits per heavy atom. The van der Waals surface area contributed by atoms with Crippen LogP contribution in [0.25, 0.3) is 0 Å². The molecular formula is C15H18N2O2. The van der Waals surface area contributed by atoms with Crippen molar-refractivity contribution in [3.05, 3.63) is 53.1 Å². The topological polar surface area (TPSA) is 55.1 Å². The second-order valence-corrected chi connectivity index (χ2v) is 4.80. The van der Waals surface area contributed by atoms with E-state index in [-0.39, 0.29) is 6.42 Å². The Kier molecular flexibility index (Phi) is 4.00. The van der Waals surface area contributed by atoms with Gasteiger partial charge in [-0.2, -0.15) is 0 Å². The van der Waals surface area contributed by atoms with E-state index in [4.69, 9.17) is 5.11 Å². The zero-order chi connectivity index (χ0) is 13.8. The summed E-state index contributed by atoms with van der Waals surface area (Å²) in [4.78, 5) is 14.8. The van der Waals surface area contributed by atoms with Crippen LogP contribution in [-0.4, -0.2) is 20.6 Å². The number of carboxylic acid groups (broad SMARTS) is 1. The number of aryl methyl sites for hydroxylation is 3. The molecule has 4 nitrogen and oxygen atoms in total. The standard InChI is InChI=1S/C15H18N2O2/c1-11-3-4-13(12(2)9-11)10-17-8-7-16-14(17)5-6-15(18)19/h3-4,7-9H,5-6,10H2,1-2H3,(H,18,19). The number of hydrogen-bond donors (Lipinski definition) is 1. The van der Waals surface area contributed by atoms with Crippen LogP contribution in [0.2, 0.25) is 0 Å². The summed E-state index contributed by atoms with van der Waals surface area (Å²) in [7, 11) is 0. The van der Waals surface area contributed by atoms with E-state index in [9.17, 15) is 4.79 Å². The molecule has 0 aliphatic rings. The fourth-order valence-corrected chi connectivity index (χ4v) is 2.14. The highest BCUT2D eigenvalue weighted by Crippen LogP contribution is 2.13. The summed E-state index contributed by atoms with van der Waals surface area (Å²) in [6, 6.07) is 6.37. The van der Waals surface area contributed by atoms with Gasteiger partial charge in [-0.05, 0) is 25.0 Å². The Hall–Kier alpha value is -2.10. The van der Waals surface area contributed by atoms with Gasteiger partial charge < -0.3 is 9.67 Å². The first-order valence-electron chi connectivity index (χ1n) is 6.34. The minimum Gasteiger partial charge on any atom is -0.481 e. The van der Waals surface area contributed by atoms with Crippen LogP contribution in [0.1, 0.15) is 28.9 Å². The van der Waals surface area contributed by atoms with Crippen LogP contribution in [-0.2, 0) is 17.8 Å². The predicted molar refractivity (Wildman–Crippen MR) is 73.2 cm³/mol. The molecule has 1 aromatic heterocycles. The Morgan fingerprint density at radius 1 is 1.37 bits per heavy atom. The van der Waals surface area contributed by atoms with Crippen molar-refractivity contribution >= 4 is 5.97 Å². The van der Waals surface area contributed by atoms with Gasteiger partial charge in [0, 0.05) is 25.4 Å².